The topological polar surface area (TPSA) is 57.6 Å². The molecule has 0 radical (unpaired) electrons. The van der Waals surface area contributed by atoms with E-state index in [0.29, 0.717) is 34.7 Å². The first-order valence-corrected chi connectivity index (χ1v) is 11.5. The van der Waals surface area contributed by atoms with Crippen LogP contribution in [0.15, 0.2) is 84.4 Å². The lowest BCUT2D eigenvalue weighted by Crippen LogP contribution is -2.49. The molecule has 2 aliphatic rings. The Morgan fingerprint density at radius 3 is 2.45 bits per heavy atom. The summed E-state index contributed by atoms with van der Waals surface area (Å²) >= 11 is 6.35. The van der Waals surface area contributed by atoms with Crippen LogP contribution in [0.3, 0.4) is 0 Å². The molecule has 33 heavy (non-hydrogen) atoms. The van der Waals surface area contributed by atoms with Gasteiger partial charge >= 0.3 is 0 Å². The maximum absolute atomic E-state index is 13.8. The lowest BCUT2D eigenvalue weighted by molar-refractivity contribution is -0.150. The van der Waals surface area contributed by atoms with Gasteiger partial charge in [-0.05, 0) is 54.2 Å². The summed E-state index contributed by atoms with van der Waals surface area (Å²) in [5.41, 5.74) is 1.59. The molecule has 5 heteroatoms. The van der Waals surface area contributed by atoms with E-state index in [9.17, 15) is 14.7 Å². The van der Waals surface area contributed by atoms with Crippen LogP contribution in [0.5, 0.6) is 0 Å². The molecule has 2 atom stereocenters. The van der Waals surface area contributed by atoms with Gasteiger partial charge in [-0.15, -0.1) is 0 Å². The molecular weight excluding hydrogens is 434 g/mol. The number of nitrogens with zero attached hydrogens (tertiary/aromatic N) is 1. The Balaban J connectivity index is 1.53. The number of allylic oxidation sites excluding steroid dienone is 1. The molecule has 0 aromatic heterocycles. The SMILES string of the molecule is O=C1C(=Cc2ccccc2)CCCC1C1(O)C(=O)N(Cc2ccccc2Cl)c2ccccc21. The summed E-state index contributed by atoms with van der Waals surface area (Å²) in [4.78, 5) is 28.9. The number of ketones is 1. The molecule has 1 amide bonds. The summed E-state index contributed by atoms with van der Waals surface area (Å²) in [5, 5.41) is 12.5. The van der Waals surface area contributed by atoms with Gasteiger partial charge in [-0.3, -0.25) is 9.59 Å². The lowest BCUT2D eigenvalue weighted by atomic mass is 9.71. The Bertz CT molecular complexity index is 1250. The van der Waals surface area contributed by atoms with E-state index in [1.807, 2.05) is 66.7 Å². The number of halogens is 1. The minimum absolute atomic E-state index is 0.157. The van der Waals surface area contributed by atoms with Crippen LogP contribution < -0.4 is 4.90 Å². The highest BCUT2D eigenvalue weighted by Crippen LogP contribution is 2.49. The van der Waals surface area contributed by atoms with E-state index >= 15 is 0 Å². The Kier molecular flexibility index (Phi) is 5.65. The third-order valence-corrected chi connectivity index (χ3v) is 7.05. The number of amides is 1. The molecule has 5 rings (SSSR count). The lowest BCUT2D eigenvalue weighted by Gasteiger charge is -2.34. The number of carbonyl (C=O) groups excluding carboxylic acids is 2. The number of Topliss-reactive ketones (excluding diaryl/α,β-unsaturated/α-hetero) is 1. The van der Waals surface area contributed by atoms with E-state index in [4.69, 9.17) is 11.6 Å². The van der Waals surface area contributed by atoms with Gasteiger partial charge in [0.25, 0.3) is 5.91 Å². The summed E-state index contributed by atoms with van der Waals surface area (Å²) in [6.45, 7) is 0.228. The van der Waals surface area contributed by atoms with Gasteiger partial charge < -0.3 is 10.0 Å². The Hall–Kier alpha value is -3.21. The fourth-order valence-corrected chi connectivity index (χ4v) is 5.21. The van der Waals surface area contributed by atoms with Gasteiger partial charge in [0.05, 0.1) is 18.2 Å². The molecule has 3 aromatic rings. The summed E-state index contributed by atoms with van der Waals surface area (Å²) in [7, 11) is 0. The predicted molar refractivity (Wildman–Crippen MR) is 130 cm³/mol. The van der Waals surface area contributed by atoms with Crippen molar-refractivity contribution in [3.63, 3.8) is 0 Å². The largest absolute Gasteiger partial charge is 0.375 e. The molecule has 1 fully saturated rings. The Morgan fingerprint density at radius 1 is 0.970 bits per heavy atom. The first-order chi connectivity index (χ1) is 16.0. The van der Waals surface area contributed by atoms with Gasteiger partial charge in [0.15, 0.2) is 11.4 Å². The highest BCUT2D eigenvalue weighted by atomic mass is 35.5. The van der Waals surface area contributed by atoms with Crippen molar-refractivity contribution >= 4 is 35.1 Å². The second-order valence-corrected chi connectivity index (χ2v) is 9.06. The number of anilines is 1. The van der Waals surface area contributed by atoms with Crippen LogP contribution in [0.4, 0.5) is 5.69 Å². The molecule has 4 nitrogen and oxygen atoms in total. The second kappa shape index (κ2) is 8.62. The van der Waals surface area contributed by atoms with Crippen LogP contribution >= 0.6 is 11.6 Å². The summed E-state index contributed by atoms with van der Waals surface area (Å²) in [6.07, 6.45) is 3.71. The normalized spacial score (nSPS) is 23.8. The van der Waals surface area contributed by atoms with Crippen LogP contribution in [0, 0.1) is 5.92 Å². The van der Waals surface area contributed by atoms with Gasteiger partial charge in [-0.2, -0.15) is 0 Å². The number of carbonyl (C=O) groups is 2. The Labute approximate surface area is 198 Å². The number of hydrogen-bond donors (Lipinski definition) is 1. The fraction of sp³-hybridized carbons (Fsp3) is 0.214. The molecule has 1 saturated carbocycles. The molecule has 0 saturated heterocycles. The molecule has 166 valence electrons. The maximum Gasteiger partial charge on any atom is 0.264 e. The molecule has 1 N–H and O–H groups in total. The zero-order valence-electron chi connectivity index (χ0n) is 18.1. The molecular formula is C28H24ClNO3. The maximum atomic E-state index is 13.8. The molecule has 0 spiro atoms. The van der Waals surface area contributed by atoms with Gasteiger partial charge in [0.2, 0.25) is 0 Å². The smallest absolute Gasteiger partial charge is 0.264 e. The third-order valence-electron chi connectivity index (χ3n) is 6.68. The van der Waals surface area contributed by atoms with Crippen molar-refractivity contribution in [2.24, 2.45) is 5.92 Å². The quantitative estimate of drug-likeness (QED) is 0.524. The monoisotopic (exact) mass is 457 g/mol. The van der Waals surface area contributed by atoms with Gasteiger partial charge in [0.1, 0.15) is 0 Å². The van der Waals surface area contributed by atoms with E-state index < -0.39 is 17.4 Å². The molecule has 2 unspecified atom stereocenters. The molecule has 1 heterocycles. The molecule has 0 bridgehead atoms. The minimum Gasteiger partial charge on any atom is -0.375 e. The molecule has 3 aromatic carbocycles. The van der Waals surface area contributed by atoms with Crippen molar-refractivity contribution in [3.8, 4) is 0 Å². The third kappa shape index (κ3) is 3.69. The highest BCUT2D eigenvalue weighted by Gasteiger charge is 2.57. The zero-order valence-corrected chi connectivity index (χ0v) is 18.8. The highest BCUT2D eigenvalue weighted by molar-refractivity contribution is 6.31. The van der Waals surface area contributed by atoms with Crippen LogP contribution in [0.1, 0.15) is 36.0 Å². The fourth-order valence-electron chi connectivity index (χ4n) is 5.02. The van der Waals surface area contributed by atoms with Crippen molar-refractivity contribution in [2.75, 3.05) is 4.90 Å². The average Bonchev–Trinajstić information content (AvgIpc) is 3.05. The van der Waals surface area contributed by atoms with Gasteiger partial charge in [-0.25, -0.2) is 0 Å². The predicted octanol–water partition coefficient (Wildman–Crippen LogP) is 5.53. The van der Waals surface area contributed by atoms with E-state index in [2.05, 4.69) is 0 Å². The summed E-state index contributed by atoms with van der Waals surface area (Å²) in [5.74, 6) is -1.45. The van der Waals surface area contributed by atoms with E-state index in [-0.39, 0.29) is 12.3 Å². The second-order valence-electron chi connectivity index (χ2n) is 8.66. The number of para-hydroxylation sites is 1. The van der Waals surface area contributed by atoms with E-state index in [0.717, 1.165) is 17.5 Å². The first kappa shape index (κ1) is 21.6. The van der Waals surface area contributed by atoms with Crippen LogP contribution in [-0.2, 0) is 21.7 Å². The van der Waals surface area contributed by atoms with Gasteiger partial charge in [0, 0.05) is 10.6 Å². The summed E-state index contributed by atoms with van der Waals surface area (Å²) < 4.78 is 0. The standard InChI is InChI=1S/C28H24ClNO3/c29-24-15-6-4-11-21(24)18-30-25-16-7-5-13-22(25)28(33,27(30)32)23-14-8-12-20(26(23)31)17-19-9-2-1-3-10-19/h1-7,9-11,13,15-17,23,33H,8,12,14,18H2. The number of rotatable bonds is 4. The van der Waals surface area contributed by atoms with Crippen LogP contribution in [0.25, 0.3) is 6.08 Å². The minimum atomic E-state index is -1.90. The molecule has 1 aliphatic carbocycles. The van der Waals surface area contributed by atoms with Crippen molar-refractivity contribution in [2.45, 2.75) is 31.4 Å². The van der Waals surface area contributed by atoms with Gasteiger partial charge in [-0.1, -0.05) is 78.3 Å². The van der Waals surface area contributed by atoms with Crippen LogP contribution in [-0.4, -0.2) is 16.8 Å². The van der Waals surface area contributed by atoms with E-state index in [1.165, 1.54) is 0 Å². The number of aliphatic hydroxyl groups is 1. The molecule has 1 aliphatic heterocycles. The number of benzene rings is 3. The first-order valence-electron chi connectivity index (χ1n) is 11.2. The van der Waals surface area contributed by atoms with Crippen molar-refractivity contribution in [1.29, 1.82) is 0 Å². The number of hydrogen-bond acceptors (Lipinski definition) is 3. The zero-order chi connectivity index (χ0) is 23.0. The van der Waals surface area contributed by atoms with Crippen molar-refractivity contribution < 1.29 is 14.7 Å². The van der Waals surface area contributed by atoms with Crippen LogP contribution in [0.2, 0.25) is 5.02 Å². The average molecular weight is 458 g/mol. The van der Waals surface area contributed by atoms with Crippen molar-refractivity contribution in [1.82, 2.24) is 0 Å². The Morgan fingerprint density at radius 2 is 1.67 bits per heavy atom. The van der Waals surface area contributed by atoms with E-state index in [1.54, 1.807) is 23.1 Å². The number of fused-ring (bicyclic) bond motifs is 1. The van der Waals surface area contributed by atoms with Crippen molar-refractivity contribution in [3.05, 3.63) is 106 Å². The summed E-state index contributed by atoms with van der Waals surface area (Å²) in [6, 6.07) is 24.2.